The van der Waals surface area contributed by atoms with Gasteiger partial charge in [-0.25, -0.2) is 9.97 Å². The number of nitrogens with zero attached hydrogens (tertiary/aromatic N) is 2. The second-order valence-electron chi connectivity index (χ2n) is 3.70. The zero-order valence-electron chi connectivity index (χ0n) is 10.1. The monoisotopic (exact) mass is 323 g/mol. The van der Waals surface area contributed by atoms with Crippen molar-refractivity contribution in [2.45, 2.75) is 23.3 Å². The molecule has 0 aliphatic rings. The second-order valence-corrected chi connectivity index (χ2v) is 5.61. The van der Waals surface area contributed by atoms with Gasteiger partial charge >= 0.3 is 0 Å². The van der Waals surface area contributed by atoms with Gasteiger partial charge in [0.2, 0.25) is 0 Å². The smallest absolute Gasteiger partial charge is 0.127 e. The molecule has 2 aromatic rings. The molecule has 2 rings (SSSR count). The lowest BCUT2D eigenvalue weighted by atomic mass is 10.4. The Morgan fingerprint density at radius 3 is 2.94 bits per heavy atom. The first-order chi connectivity index (χ1) is 8.79. The standard InChI is InChI=1S/C13H14BrN3S/c1-2-6-15-12-9-10(5-8-16-12)18-13-11(14)4-3-7-17-13/h3-5,7-9H,2,6H2,1H3,(H,15,16). The van der Waals surface area contributed by atoms with Gasteiger partial charge in [0.15, 0.2) is 0 Å². The molecule has 0 radical (unpaired) electrons. The fourth-order valence-electron chi connectivity index (χ4n) is 1.38. The molecule has 0 saturated carbocycles. The van der Waals surface area contributed by atoms with Crippen LogP contribution in [0.1, 0.15) is 13.3 Å². The van der Waals surface area contributed by atoms with Crippen LogP contribution in [0.4, 0.5) is 5.82 Å². The predicted octanol–water partition coefficient (Wildman–Crippen LogP) is 4.21. The lowest BCUT2D eigenvalue weighted by Gasteiger charge is -2.06. The third kappa shape index (κ3) is 3.71. The lowest BCUT2D eigenvalue weighted by molar-refractivity contribution is 0.967. The highest BCUT2D eigenvalue weighted by atomic mass is 79.9. The Balaban J connectivity index is 2.12. The second kappa shape index (κ2) is 6.75. The van der Waals surface area contributed by atoms with Crippen molar-refractivity contribution >= 4 is 33.5 Å². The fraction of sp³-hybridized carbons (Fsp3) is 0.231. The van der Waals surface area contributed by atoms with Gasteiger partial charge < -0.3 is 5.32 Å². The van der Waals surface area contributed by atoms with E-state index in [1.807, 2.05) is 30.5 Å². The van der Waals surface area contributed by atoms with Crippen molar-refractivity contribution in [2.24, 2.45) is 0 Å². The Morgan fingerprint density at radius 1 is 1.28 bits per heavy atom. The Morgan fingerprint density at radius 2 is 2.17 bits per heavy atom. The summed E-state index contributed by atoms with van der Waals surface area (Å²) in [4.78, 5) is 9.75. The van der Waals surface area contributed by atoms with Crippen LogP contribution in [0.3, 0.4) is 0 Å². The maximum atomic E-state index is 4.34. The first-order valence-electron chi connectivity index (χ1n) is 5.78. The molecule has 0 aliphatic carbocycles. The molecule has 5 heteroatoms. The van der Waals surface area contributed by atoms with Crippen LogP contribution >= 0.6 is 27.7 Å². The Labute approximate surface area is 120 Å². The average Bonchev–Trinajstić information content (AvgIpc) is 2.40. The molecule has 0 amide bonds. The van der Waals surface area contributed by atoms with Gasteiger partial charge in [0, 0.05) is 23.8 Å². The van der Waals surface area contributed by atoms with E-state index in [2.05, 4.69) is 38.1 Å². The molecule has 0 unspecified atom stereocenters. The average molecular weight is 324 g/mol. The highest BCUT2D eigenvalue weighted by Crippen LogP contribution is 2.31. The number of nitrogens with one attached hydrogen (secondary N) is 1. The van der Waals surface area contributed by atoms with Gasteiger partial charge in [0.05, 0.1) is 4.47 Å². The van der Waals surface area contributed by atoms with Gasteiger partial charge in [-0.15, -0.1) is 0 Å². The van der Waals surface area contributed by atoms with E-state index in [1.165, 1.54) is 0 Å². The van der Waals surface area contributed by atoms with Crippen molar-refractivity contribution in [3.8, 4) is 0 Å². The van der Waals surface area contributed by atoms with E-state index in [0.29, 0.717) is 0 Å². The van der Waals surface area contributed by atoms with E-state index >= 15 is 0 Å². The highest BCUT2D eigenvalue weighted by molar-refractivity contribution is 9.10. The molecule has 94 valence electrons. The summed E-state index contributed by atoms with van der Waals surface area (Å²) in [5, 5.41) is 4.24. The summed E-state index contributed by atoms with van der Waals surface area (Å²) in [6, 6.07) is 7.94. The molecule has 0 fully saturated rings. The summed E-state index contributed by atoms with van der Waals surface area (Å²) in [6.07, 6.45) is 4.70. The molecule has 2 aromatic heterocycles. The van der Waals surface area contributed by atoms with Crippen LogP contribution in [0, 0.1) is 0 Å². The maximum absolute atomic E-state index is 4.34. The number of rotatable bonds is 5. The number of halogens is 1. The van der Waals surface area contributed by atoms with Gasteiger partial charge in [-0.05, 0) is 46.6 Å². The third-order valence-corrected chi connectivity index (χ3v) is 4.14. The topological polar surface area (TPSA) is 37.8 Å². The molecule has 0 atom stereocenters. The summed E-state index contributed by atoms with van der Waals surface area (Å²) < 4.78 is 1.01. The van der Waals surface area contributed by atoms with E-state index < -0.39 is 0 Å². The molecular weight excluding hydrogens is 310 g/mol. The van der Waals surface area contributed by atoms with Crippen LogP contribution in [-0.2, 0) is 0 Å². The van der Waals surface area contributed by atoms with E-state index in [1.54, 1.807) is 18.0 Å². The van der Waals surface area contributed by atoms with E-state index in [4.69, 9.17) is 0 Å². The van der Waals surface area contributed by atoms with Crippen molar-refractivity contribution in [2.75, 3.05) is 11.9 Å². The Kier molecular flexibility index (Phi) is 5.01. The zero-order valence-corrected chi connectivity index (χ0v) is 12.5. The minimum Gasteiger partial charge on any atom is -0.370 e. The van der Waals surface area contributed by atoms with Crippen LogP contribution < -0.4 is 5.32 Å². The van der Waals surface area contributed by atoms with Gasteiger partial charge in [-0.3, -0.25) is 0 Å². The largest absolute Gasteiger partial charge is 0.370 e. The highest BCUT2D eigenvalue weighted by Gasteiger charge is 2.04. The minimum absolute atomic E-state index is 0.911. The Bertz CT molecular complexity index is 519. The van der Waals surface area contributed by atoms with Crippen molar-refractivity contribution in [1.82, 2.24) is 9.97 Å². The normalized spacial score (nSPS) is 10.3. The van der Waals surface area contributed by atoms with Crippen LogP contribution in [0.5, 0.6) is 0 Å². The lowest BCUT2D eigenvalue weighted by Crippen LogP contribution is -2.01. The van der Waals surface area contributed by atoms with Crippen LogP contribution in [-0.4, -0.2) is 16.5 Å². The van der Waals surface area contributed by atoms with Gasteiger partial charge in [0.25, 0.3) is 0 Å². The van der Waals surface area contributed by atoms with Gasteiger partial charge in [0.1, 0.15) is 10.8 Å². The zero-order chi connectivity index (χ0) is 12.8. The SMILES string of the molecule is CCCNc1cc(Sc2ncccc2Br)ccn1. The molecule has 18 heavy (non-hydrogen) atoms. The molecule has 2 heterocycles. The molecule has 1 N–H and O–H groups in total. The van der Waals surface area contributed by atoms with Crippen molar-refractivity contribution < 1.29 is 0 Å². The molecule has 0 aromatic carbocycles. The molecule has 0 aliphatic heterocycles. The quantitative estimate of drug-likeness (QED) is 0.894. The number of pyridine rings is 2. The van der Waals surface area contributed by atoms with Crippen LogP contribution in [0.2, 0.25) is 0 Å². The Hall–Kier alpha value is -1.07. The fourth-order valence-corrected chi connectivity index (χ4v) is 2.68. The molecule has 3 nitrogen and oxygen atoms in total. The summed E-state index contributed by atoms with van der Waals surface area (Å²) in [5.41, 5.74) is 0. The summed E-state index contributed by atoms with van der Waals surface area (Å²) in [7, 11) is 0. The number of aromatic nitrogens is 2. The minimum atomic E-state index is 0.911. The summed E-state index contributed by atoms with van der Waals surface area (Å²) in [6.45, 7) is 3.07. The summed E-state index contributed by atoms with van der Waals surface area (Å²) in [5.74, 6) is 0.911. The molecule has 0 bridgehead atoms. The maximum Gasteiger partial charge on any atom is 0.127 e. The van der Waals surface area contributed by atoms with Gasteiger partial charge in [-0.2, -0.15) is 0 Å². The number of hydrogen-bond acceptors (Lipinski definition) is 4. The van der Waals surface area contributed by atoms with E-state index in [0.717, 1.165) is 33.2 Å². The van der Waals surface area contributed by atoms with Crippen molar-refractivity contribution in [3.63, 3.8) is 0 Å². The molecule has 0 saturated heterocycles. The van der Waals surface area contributed by atoms with Crippen molar-refractivity contribution in [3.05, 3.63) is 41.1 Å². The predicted molar refractivity (Wildman–Crippen MR) is 79.1 cm³/mol. The molecular formula is C13H14BrN3S. The third-order valence-electron chi connectivity index (χ3n) is 2.23. The van der Waals surface area contributed by atoms with Crippen LogP contribution in [0.15, 0.2) is 51.1 Å². The first-order valence-corrected chi connectivity index (χ1v) is 7.39. The number of hydrogen-bond donors (Lipinski definition) is 1. The van der Waals surface area contributed by atoms with Crippen LogP contribution in [0.25, 0.3) is 0 Å². The summed E-state index contributed by atoms with van der Waals surface area (Å²) >= 11 is 5.12. The van der Waals surface area contributed by atoms with Crippen molar-refractivity contribution in [1.29, 1.82) is 0 Å². The van der Waals surface area contributed by atoms with E-state index in [-0.39, 0.29) is 0 Å². The first kappa shape index (κ1) is 13.4. The van der Waals surface area contributed by atoms with E-state index in [9.17, 15) is 0 Å². The number of anilines is 1. The molecule has 0 spiro atoms. The van der Waals surface area contributed by atoms with Gasteiger partial charge in [-0.1, -0.05) is 18.7 Å².